The van der Waals surface area contributed by atoms with E-state index in [0.29, 0.717) is 17.9 Å². The van der Waals surface area contributed by atoms with Crippen molar-refractivity contribution in [1.29, 1.82) is 0 Å². The zero-order valence-electron chi connectivity index (χ0n) is 11.7. The highest BCUT2D eigenvalue weighted by Crippen LogP contribution is 2.25. The largest absolute Gasteiger partial charge is 0.354 e. The Bertz CT molecular complexity index is 750. The molecule has 3 rings (SSSR count). The third-order valence-corrected chi connectivity index (χ3v) is 3.94. The predicted octanol–water partition coefficient (Wildman–Crippen LogP) is 1.55. The lowest BCUT2D eigenvalue weighted by Gasteiger charge is -2.32. The van der Waals surface area contributed by atoms with Gasteiger partial charge in [-0.25, -0.2) is 9.97 Å². The van der Waals surface area contributed by atoms with Gasteiger partial charge >= 0.3 is 0 Å². The number of anilines is 1. The van der Waals surface area contributed by atoms with Crippen LogP contribution in [0.25, 0.3) is 11.4 Å². The van der Waals surface area contributed by atoms with Crippen LogP contribution in [0, 0.1) is 5.95 Å². The van der Waals surface area contributed by atoms with Crippen molar-refractivity contribution in [3.05, 3.63) is 39.7 Å². The van der Waals surface area contributed by atoms with Gasteiger partial charge in [0.15, 0.2) is 5.82 Å². The van der Waals surface area contributed by atoms with E-state index in [2.05, 4.69) is 15.0 Å². The highest BCUT2D eigenvalue weighted by Gasteiger charge is 2.22. The number of halogens is 2. The Kier molecular flexibility index (Phi) is 4.08. The molecule has 0 saturated carbocycles. The first-order valence-electron chi connectivity index (χ1n) is 6.97. The van der Waals surface area contributed by atoms with Gasteiger partial charge in [0.1, 0.15) is 10.8 Å². The minimum absolute atomic E-state index is 0.0207. The highest BCUT2D eigenvalue weighted by atomic mass is 35.5. The molecule has 0 radical (unpaired) electrons. The second-order valence-corrected chi connectivity index (χ2v) is 5.65. The zero-order chi connectivity index (χ0) is 15.7. The van der Waals surface area contributed by atoms with E-state index >= 15 is 0 Å². The van der Waals surface area contributed by atoms with Crippen molar-refractivity contribution in [3.63, 3.8) is 0 Å². The molecular weight excluding hydrogens is 309 g/mol. The zero-order valence-corrected chi connectivity index (χ0v) is 12.5. The summed E-state index contributed by atoms with van der Waals surface area (Å²) in [7, 11) is 0. The van der Waals surface area contributed by atoms with Crippen molar-refractivity contribution in [1.82, 2.24) is 15.0 Å². The summed E-state index contributed by atoms with van der Waals surface area (Å²) in [6.45, 7) is 1.31. The fourth-order valence-corrected chi connectivity index (χ4v) is 2.75. The molecule has 22 heavy (non-hydrogen) atoms. The topological polar surface area (TPSA) is 87.9 Å². The molecule has 1 aliphatic heterocycles. The number of piperidine rings is 1. The second-order valence-electron chi connectivity index (χ2n) is 5.27. The summed E-state index contributed by atoms with van der Waals surface area (Å²) in [6.07, 6.45) is 3.15. The number of aromatic nitrogens is 3. The number of nitrogens with two attached hydrogens (primary N) is 1. The van der Waals surface area contributed by atoms with Gasteiger partial charge in [-0.15, -0.1) is 0 Å². The van der Waals surface area contributed by atoms with Crippen molar-refractivity contribution in [3.8, 4) is 11.4 Å². The standard InChI is InChI=1S/C14H15ClFN5O/c15-11-13(21-5-1-2-9(17)7-21)19-12(20-14(11)22)8-3-4-18-10(16)6-8/h3-4,6,9H,1-2,5,7,17H2,(H,19,20,22)/t9-/m0/s1. The average Bonchev–Trinajstić information content (AvgIpc) is 2.50. The lowest BCUT2D eigenvalue weighted by molar-refractivity contribution is 0.503. The number of nitrogens with one attached hydrogen (secondary N) is 1. The SMILES string of the molecule is N[C@H]1CCCN(c2nc(-c3ccnc(F)c3)[nH]c(=O)c2Cl)C1. The molecule has 0 amide bonds. The summed E-state index contributed by atoms with van der Waals surface area (Å²) >= 11 is 6.09. The predicted molar refractivity (Wildman–Crippen MR) is 82.5 cm³/mol. The number of hydrogen-bond acceptors (Lipinski definition) is 5. The molecule has 8 heteroatoms. The molecule has 1 aliphatic rings. The van der Waals surface area contributed by atoms with E-state index in [1.807, 2.05) is 4.90 Å². The molecule has 2 aromatic rings. The number of H-pyrrole nitrogens is 1. The number of aromatic amines is 1. The monoisotopic (exact) mass is 323 g/mol. The van der Waals surface area contributed by atoms with E-state index in [-0.39, 0.29) is 16.9 Å². The molecule has 0 aliphatic carbocycles. The summed E-state index contributed by atoms with van der Waals surface area (Å²) in [4.78, 5) is 24.4. The second kappa shape index (κ2) is 6.02. The van der Waals surface area contributed by atoms with Crippen LogP contribution in [0.5, 0.6) is 0 Å². The molecule has 0 spiro atoms. The first-order chi connectivity index (χ1) is 10.5. The van der Waals surface area contributed by atoms with Crippen molar-refractivity contribution >= 4 is 17.4 Å². The average molecular weight is 324 g/mol. The molecule has 116 valence electrons. The Hall–Kier alpha value is -1.99. The van der Waals surface area contributed by atoms with E-state index in [1.54, 1.807) is 6.07 Å². The molecular formula is C14H15ClFN5O. The fraction of sp³-hybridized carbons (Fsp3) is 0.357. The maximum absolute atomic E-state index is 13.3. The molecule has 6 nitrogen and oxygen atoms in total. The smallest absolute Gasteiger partial charge is 0.272 e. The number of hydrogen-bond donors (Lipinski definition) is 2. The molecule has 1 fully saturated rings. The summed E-state index contributed by atoms with van der Waals surface area (Å²) < 4.78 is 13.3. The van der Waals surface area contributed by atoms with E-state index in [0.717, 1.165) is 19.4 Å². The van der Waals surface area contributed by atoms with Crippen LogP contribution in [0.4, 0.5) is 10.2 Å². The minimum atomic E-state index is -0.642. The van der Waals surface area contributed by atoms with Gasteiger partial charge in [-0.3, -0.25) is 4.79 Å². The number of nitrogens with zero attached hydrogens (tertiary/aromatic N) is 3. The molecule has 3 heterocycles. The number of rotatable bonds is 2. The third kappa shape index (κ3) is 2.95. The lowest BCUT2D eigenvalue weighted by atomic mass is 10.1. The van der Waals surface area contributed by atoms with Gasteiger partial charge < -0.3 is 15.6 Å². The molecule has 3 N–H and O–H groups in total. The minimum Gasteiger partial charge on any atom is -0.354 e. The Morgan fingerprint density at radius 1 is 1.50 bits per heavy atom. The molecule has 0 unspecified atom stereocenters. The highest BCUT2D eigenvalue weighted by molar-refractivity contribution is 6.32. The van der Waals surface area contributed by atoms with Crippen LogP contribution in [0.3, 0.4) is 0 Å². The van der Waals surface area contributed by atoms with Gasteiger partial charge in [0.05, 0.1) is 0 Å². The van der Waals surface area contributed by atoms with Crippen LogP contribution in [-0.2, 0) is 0 Å². The van der Waals surface area contributed by atoms with Gasteiger partial charge in [0, 0.05) is 37.0 Å². The van der Waals surface area contributed by atoms with Crippen LogP contribution < -0.4 is 16.2 Å². The molecule has 1 atom stereocenters. The van der Waals surface area contributed by atoms with Crippen LogP contribution in [0.1, 0.15) is 12.8 Å². The van der Waals surface area contributed by atoms with E-state index in [1.165, 1.54) is 12.3 Å². The molecule has 1 saturated heterocycles. The fourth-order valence-electron chi connectivity index (χ4n) is 2.55. The summed E-state index contributed by atoms with van der Waals surface area (Å²) in [6, 6.07) is 2.80. The summed E-state index contributed by atoms with van der Waals surface area (Å²) in [5.74, 6) is -0.00530. The maximum Gasteiger partial charge on any atom is 0.272 e. The van der Waals surface area contributed by atoms with Crippen LogP contribution >= 0.6 is 11.6 Å². The normalized spacial score (nSPS) is 18.5. The quantitative estimate of drug-likeness (QED) is 0.819. The Labute approximate surface area is 131 Å². The molecule has 0 bridgehead atoms. The van der Waals surface area contributed by atoms with Crippen molar-refractivity contribution in [2.24, 2.45) is 5.73 Å². The molecule has 2 aromatic heterocycles. The van der Waals surface area contributed by atoms with Crippen LogP contribution in [0.2, 0.25) is 5.02 Å². The van der Waals surface area contributed by atoms with Gasteiger partial charge in [-0.2, -0.15) is 4.39 Å². The van der Waals surface area contributed by atoms with E-state index in [9.17, 15) is 9.18 Å². The Morgan fingerprint density at radius 3 is 3.05 bits per heavy atom. The maximum atomic E-state index is 13.3. The summed E-state index contributed by atoms with van der Waals surface area (Å²) in [5, 5.41) is 0.0207. The van der Waals surface area contributed by atoms with E-state index in [4.69, 9.17) is 17.3 Å². The lowest BCUT2D eigenvalue weighted by Crippen LogP contribution is -2.43. The van der Waals surface area contributed by atoms with Gasteiger partial charge in [-0.1, -0.05) is 11.6 Å². The van der Waals surface area contributed by atoms with Gasteiger partial charge in [-0.05, 0) is 18.9 Å². The van der Waals surface area contributed by atoms with Crippen LogP contribution in [-0.4, -0.2) is 34.1 Å². The third-order valence-electron chi connectivity index (χ3n) is 3.60. The van der Waals surface area contributed by atoms with Crippen LogP contribution in [0.15, 0.2) is 23.1 Å². The first kappa shape index (κ1) is 14.9. The van der Waals surface area contributed by atoms with E-state index < -0.39 is 11.5 Å². The summed E-state index contributed by atoms with van der Waals surface area (Å²) in [5.41, 5.74) is 5.94. The van der Waals surface area contributed by atoms with Crippen molar-refractivity contribution in [2.45, 2.75) is 18.9 Å². The Balaban J connectivity index is 2.05. The van der Waals surface area contributed by atoms with Gasteiger partial charge in [0.2, 0.25) is 5.95 Å². The first-order valence-corrected chi connectivity index (χ1v) is 7.34. The van der Waals surface area contributed by atoms with Crippen molar-refractivity contribution < 1.29 is 4.39 Å². The number of pyridine rings is 1. The van der Waals surface area contributed by atoms with Crippen molar-refractivity contribution in [2.75, 3.05) is 18.0 Å². The Morgan fingerprint density at radius 2 is 2.32 bits per heavy atom. The molecule has 0 aromatic carbocycles. The van der Waals surface area contributed by atoms with Gasteiger partial charge in [0.25, 0.3) is 5.56 Å².